The van der Waals surface area contributed by atoms with Gasteiger partial charge in [0.05, 0.1) is 27.5 Å². The largest absolute Gasteiger partial charge is 0.295 e. The Morgan fingerprint density at radius 3 is 2.36 bits per heavy atom. The Labute approximate surface area is 189 Å². The summed E-state index contributed by atoms with van der Waals surface area (Å²) >= 11 is 0. The summed E-state index contributed by atoms with van der Waals surface area (Å²) < 4.78 is 2.99. The quantitative estimate of drug-likeness (QED) is 0.456. The first-order valence-electron chi connectivity index (χ1n) is 10.7. The van der Waals surface area contributed by atoms with E-state index < -0.39 is 0 Å². The third-order valence-corrected chi connectivity index (χ3v) is 6.17. The molecule has 0 spiro atoms. The maximum Gasteiger partial charge on any atom is 0.279 e. The van der Waals surface area contributed by atoms with E-state index in [2.05, 4.69) is 16.8 Å². The zero-order valence-electron chi connectivity index (χ0n) is 18.8. The number of nitrogens with one attached hydrogen (secondary N) is 2. The van der Waals surface area contributed by atoms with Crippen LogP contribution in [0, 0.1) is 20.8 Å². The van der Waals surface area contributed by atoms with Gasteiger partial charge < -0.3 is 0 Å². The summed E-state index contributed by atoms with van der Waals surface area (Å²) in [5.74, 6) is 0. The Hall–Kier alpha value is -4.32. The minimum absolute atomic E-state index is 0.221. The lowest BCUT2D eigenvalue weighted by Crippen LogP contribution is -2.34. The molecule has 0 amide bonds. The summed E-state index contributed by atoms with van der Waals surface area (Å²) in [6, 6.07) is 19.6. The Kier molecular flexibility index (Phi) is 4.78. The van der Waals surface area contributed by atoms with Crippen LogP contribution in [0.2, 0.25) is 0 Å². The minimum atomic E-state index is -0.250. The molecule has 5 aromatic rings. The van der Waals surface area contributed by atoms with Crippen LogP contribution in [0.15, 0.2) is 70.3 Å². The molecule has 6 nitrogen and oxygen atoms in total. The van der Waals surface area contributed by atoms with Crippen molar-refractivity contribution in [2.75, 3.05) is 0 Å². The van der Waals surface area contributed by atoms with Crippen molar-refractivity contribution in [1.82, 2.24) is 19.6 Å². The highest BCUT2D eigenvalue weighted by molar-refractivity contribution is 5.90. The molecule has 0 atom stereocenters. The van der Waals surface area contributed by atoms with Crippen LogP contribution in [0.5, 0.6) is 0 Å². The Bertz CT molecular complexity index is 1760. The summed E-state index contributed by atoms with van der Waals surface area (Å²) in [5.41, 5.74) is 4.36. The van der Waals surface area contributed by atoms with Gasteiger partial charge in [-0.1, -0.05) is 49.0 Å². The molecular formula is C27H24N4O2. The number of nitrogens with zero attached hydrogens (tertiary/aromatic N) is 2. The van der Waals surface area contributed by atoms with Crippen LogP contribution in [-0.4, -0.2) is 19.6 Å². The molecule has 0 aliphatic carbocycles. The second kappa shape index (κ2) is 7.67. The summed E-state index contributed by atoms with van der Waals surface area (Å²) in [4.78, 5) is 26.6. The third-order valence-electron chi connectivity index (χ3n) is 6.17. The van der Waals surface area contributed by atoms with Crippen LogP contribution in [0.25, 0.3) is 34.8 Å². The number of benzene rings is 3. The van der Waals surface area contributed by atoms with Gasteiger partial charge in [-0.05, 0) is 61.6 Å². The molecule has 164 valence electrons. The Morgan fingerprint density at radius 1 is 0.818 bits per heavy atom. The highest BCUT2D eigenvalue weighted by Gasteiger charge is 2.14. The molecule has 2 N–H and O–H groups in total. The number of aromatic amines is 2. The van der Waals surface area contributed by atoms with Gasteiger partial charge >= 0.3 is 0 Å². The van der Waals surface area contributed by atoms with Gasteiger partial charge in [0.1, 0.15) is 0 Å². The van der Waals surface area contributed by atoms with E-state index in [0.29, 0.717) is 21.8 Å². The zero-order chi connectivity index (χ0) is 23.3. The van der Waals surface area contributed by atoms with E-state index in [1.807, 2.05) is 81.4 Å². The van der Waals surface area contributed by atoms with Gasteiger partial charge in [0.25, 0.3) is 11.1 Å². The zero-order valence-corrected chi connectivity index (χ0v) is 18.8. The average Bonchev–Trinajstić information content (AvgIpc) is 3.25. The van der Waals surface area contributed by atoms with Gasteiger partial charge in [0, 0.05) is 11.1 Å². The number of rotatable bonds is 3. The van der Waals surface area contributed by atoms with Crippen molar-refractivity contribution >= 4 is 23.4 Å². The molecule has 0 aliphatic rings. The van der Waals surface area contributed by atoms with Gasteiger partial charge in [-0.2, -0.15) is 0 Å². The van der Waals surface area contributed by atoms with E-state index in [4.69, 9.17) is 0 Å². The van der Waals surface area contributed by atoms with Crippen molar-refractivity contribution in [3.05, 3.63) is 114 Å². The first kappa shape index (κ1) is 20.6. The highest BCUT2D eigenvalue weighted by atomic mass is 16.1. The SMILES string of the molecule is C=c1[nH]n(-c2ccc(C)c(C)c2)c(=O)/c1=C/c1c(C)[nH]n(-c2cccc3ccccc23)c1=O. The first-order valence-corrected chi connectivity index (χ1v) is 10.7. The van der Waals surface area contributed by atoms with Gasteiger partial charge in [-0.15, -0.1) is 0 Å². The van der Waals surface area contributed by atoms with Crippen molar-refractivity contribution in [2.45, 2.75) is 20.8 Å². The maximum atomic E-state index is 13.4. The standard InChI is InChI=1S/C27H24N4O2/c1-16-12-13-21(14-17(16)2)30-26(32)23(18(3)28-30)15-24-19(4)29-31(27(24)33)25-11-7-9-20-8-5-6-10-22(20)25/h5-15,28-29H,3H2,1-2,4H3/b23-15+. The monoisotopic (exact) mass is 436 g/mol. The third kappa shape index (κ3) is 3.36. The second-order valence-electron chi connectivity index (χ2n) is 8.35. The fourth-order valence-corrected chi connectivity index (χ4v) is 4.14. The first-order chi connectivity index (χ1) is 15.8. The van der Waals surface area contributed by atoms with Crippen LogP contribution in [0.1, 0.15) is 22.4 Å². The van der Waals surface area contributed by atoms with Crippen molar-refractivity contribution < 1.29 is 0 Å². The van der Waals surface area contributed by atoms with Crippen LogP contribution in [0.4, 0.5) is 0 Å². The molecule has 0 saturated carbocycles. The average molecular weight is 437 g/mol. The minimum Gasteiger partial charge on any atom is -0.295 e. The van der Waals surface area contributed by atoms with E-state index >= 15 is 0 Å². The molecular weight excluding hydrogens is 412 g/mol. The normalized spacial score (nSPS) is 12.0. The predicted molar refractivity (Wildman–Crippen MR) is 133 cm³/mol. The molecule has 2 heterocycles. The number of fused-ring (bicyclic) bond motifs is 1. The van der Waals surface area contributed by atoms with Crippen LogP contribution in [0.3, 0.4) is 0 Å². The van der Waals surface area contributed by atoms with Gasteiger partial charge in [0.15, 0.2) is 0 Å². The molecule has 0 saturated heterocycles. The lowest BCUT2D eigenvalue weighted by atomic mass is 10.1. The summed E-state index contributed by atoms with van der Waals surface area (Å²) in [6.45, 7) is 9.86. The lowest BCUT2D eigenvalue weighted by Gasteiger charge is -2.06. The fourth-order valence-electron chi connectivity index (χ4n) is 4.14. The summed E-state index contributed by atoms with van der Waals surface area (Å²) in [5, 5.41) is 9.03. The van der Waals surface area contributed by atoms with Crippen LogP contribution < -0.4 is 21.7 Å². The van der Waals surface area contributed by atoms with Crippen molar-refractivity contribution in [3.63, 3.8) is 0 Å². The van der Waals surface area contributed by atoms with E-state index in [1.54, 1.807) is 6.08 Å². The summed E-state index contributed by atoms with van der Waals surface area (Å²) in [7, 11) is 0. The van der Waals surface area contributed by atoms with Gasteiger partial charge in [0.2, 0.25) is 0 Å². The van der Waals surface area contributed by atoms with Gasteiger partial charge in [-0.25, -0.2) is 9.36 Å². The molecule has 0 unspecified atom stereocenters. The molecule has 33 heavy (non-hydrogen) atoms. The van der Waals surface area contributed by atoms with E-state index in [9.17, 15) is 9.59 Å². The molecule has 0 fully saturated rings. The van der Waals surface area contributed by atoms with E-state index in [1.165, 1.54) is 9.36 Å². The number of aromatic nitrogens is 4. The van der Waals surface area contributed by atoms with Crippen molar-refractivity contribution in [2.24, 2.45) is 0 Å². The number of aryl methyl sites for hydroxylation is 3. The smallest absolute Gasteiger partial charge is 0.279 e. The summed E-state index contributed by atoms with van der Waals surface area (Å²) in [6.07, 6.45) is 1.62. The van der Waals surface area contributed by atoms with Crippen LogP contribution in [-0.2, 0) is 0 Å². The molecule has 5 rings (SSSR count). The van der Waals surface area contributed by atoms with Gasteiger partial charge in [-0.3, -0.25) is 19.8 Å². The topological polar surface area (TPSA) is 75.6 Å². The highest BCUT2D eigenvalue weighted by Crippen LogP contribution is 2.21. The van der Waals surface area contributed by atoms with E-state index in [0.717, 1.165) is 33.3 Å². The maximum absolute atomic E-state index is 13.4. The molecule has 0 aliphatic heterocycles. The Balaban J connectivity index is 1.69. The van der Waals surface area contributed by atoms with E-state index in [-0.39, 0.29) is 11.1 Å². The molecule has 0 bridgehead atoms. The molecule has 3 aromatic carbocycles. The molecule has 2 aromatic heterocycles. The number of hydrogen-bond donors (Lipinski definition) is 2. The second-order valence-corrected chi connectivity index (χ2v) is 8.35. The predicted octanol–water partition coefficient (Wildman–Crippen LogP) is 2.96. The van der Waals surface area contributed by atoms with Crippen LogP contribution >= 0.6 is 0 Å². The lowest BCUT2D eigenvalue weighted by molar-refractivity contribution is 0.837. The number of H-pyrrole nitrogens is 2. The molecule has 6 heteroatoms. The van der Waals surface area contributed by atoms with Crippen molar-refractivity contribution in [3.8, 4) is 11.4 Å². The Morgan fingerprint density at radius 2 is 1.58 bits per heavy atom. The molecule has 0 radical (unpaired) electrons. The number of hydrogen-bond acceptors (Lipinski definition) is 2. The fraction of sp³-hybridized carbons (Fsp3) is 0.111. The van der Waals surface area contributed by atoms with Crippen molar-refractivity contribution in [1.29, 1.82) is 0 Å².